The molecule has 6 aromatic rings. The summed E-state index contributed by atoms with van der Waals surface area (Å²) < 4.78 is 15.8. The summed E-state index contributed by atoms with van der Waals surface area (Å²) in [6, 6.07) is 43.6. The number of halogens is 2. The van der Waals surface area contributed by atoms with Gasteiger partial charge in [0.05, 0.1) is 0 Å². The molecule has 2 unspecified atom stereocenters. The van der Waals surface area contributed by atoms with Crippen LogP contribution in [-0.2, 0) is 23.2 Å². The van der Waals surface area contributed by atoms with E-state index in [9.17, 15) is 0 Å². The predicted molar refractivity (Wildman–Crippen MR) is 170 cm³/mol. The first kappa shape index (κ1) is 31.4. The quantitative estimate of drug-likeness (QED) is 0.254. The Morgan fingerprint density at radius 3 is 1.27 bits per heavy atom. The van der Waals surface area contributed by atoms with Crippen molar-refractivity contribution in [3.05, 3.63) is 173 Å². The van der Waals surface area contributed by atoms with E-state index in [4.69, 9.17) is 8.83 Å². The third kappa shape index (κ3) is 5.68. The van der Waals surface area contributed by atoms with Crippen LogP contribution in [0.3, 0.4) is 0 Å². The van der Waals surface area contributed by atoms with Crippen LogP contribution in [0.1, 0.15) is 57.1 Å². The maximum Gasteiger partial charge on any atom is -1.00 e. The Bertz CT molecular complexity index is 1890. The normalized spacial score (nSPS) is 16.0. The van der Waals surface area contributed by atoms with E-state index < -0.39 is 23.2 Å². The fourth-order valence-electron chi connectivity index (χ4n) is 6.76. The van der Waals surface area contributed by atoms with Crippen LogP contribution < -0.4 is 24.8 Å². The van der Waals surface area contributed by atoms with Crippen molar-refractivity contribution >= 4 is 12.2 Å². The second-order valence-electron chi connectivity index (χ2n) is 11.4. The minimum Gasteiger partial charge on any atom is -1.00 e. The van der Waals surface area contributed by atoms with Crippen molar-refractivity contribution in [3.8, 4) is 22.3 Å². The molecule has 0 spiro atoms. The van der Waals surface area contributed by atoms with Gasteiger partial charge in [0.15, 0.2) is 0 Å². The van der Waals surface area contributed by atoms with Gasteiger partial charge in [-0.3, -0.25) is 0 Å². The van der Waals surface area contributed by atoms with E-state index >= 15 is 0 Å². The van der Waals surface area contributed by atoms with Gasteiger partial charge in [0.25, 0.3) is 0 Å². The molecule has 2 aromatic heterocycles. The van der Waals surface area contributed by atoms with Crippen LogP contribution in [0.25, 0.3) is 34.4 Å². The van der Waals surface area contributed by atoms with Gasteiger partial charge in [-0.2, -0.15) is 0 Å². The SMILES string of the molecule is Cc1ccc(C2[C]([Zr+2][C]3=Cc4c(-c5ccccc5)cccc4C3c3ccc(C)o3)=Cc3c(-c4ccccc4)cccc32)o1.[Cl-].[Cl-]. The van der Waals surface area contributed by atoms with Gasteiger partial charge in [-0.1, -0.05) is 0 Å². The number of hydrogen-bond acceptors (Lipinski definition) is 2. The summed E-state index contributed by atoms with van der Waals surface area (Å²) >= 11 is -1.31. The van der Waals surface area contributed by atoms with Crippen LogP contribution in [0.15, 0.2) is 137 Å². The molecule has 45 heavy (non-hydrogen) atoms. The summed E-state index contributed by atoms with van der Waals surface area (Å²) in [5.41, 5.74) is 10.4. The first-order chi connectivity index (χ1) is 21.1. The van der Waals surface area contributed by atoms with Crippen LogP contribution in [0.5, 0.6) is 0 Å². The molecular weight excluding hydrogens is 675 g/mol. The molecule has 2 nitrogen and oxygen atoms in total. The van der Waals surface area contributed by atoms with Gasteiger partial charge in [-0.15, -0.1) is 0 Å². The van der Waals surface area contributed by atoms with Gasteiger partial charge in [0.2, 0.25) is 0 Å². The van der Waals surface area contributed by atoms with Gasteiger partial charge in [-0.25, -0.2) is 0 Å². The van der Waals surface area contributed by atoms with E-state index in [1.165, 1.54) is 51.1 Å². The van der Waals surface area contributed by atoms with Crippen LogP contribution in [0.2, 0.25) is 0 Å². The molecule has 2 aliphatic rings. The van der Waals surface area contributed by atoms with Crippen LogP contribution >= 0.6 is 0 Å². The Labute approximate surface area is 288 Å². The van der Waals surface area contributed by atoms with Crippen molar-refractivity contribution in [2.24, 2.45) is 0 Å². The fraction of sp³-hybridized carbons (Fsp3) is 0.100. The van der Waals surface area contributed by atoms with Crippen molar-refractivity contribution in [2.45, 2.75) is 25.7 Å². The first-order valence-corrected chi connectivity index (χ1v) is 17.3. The van der Waals surface area contributed by atoms with Gasteiger partial charge >= 0.3 is 265 Å². The van der Waals surface area contributed by atoms with Gasteiger partial charge in [0.1, 0.15) is 0 Å². The second-order valence-corrected chi connectivity index (χ2v) is 14.9. The van der Waals surface area contributed by atoms with E-state index in [0.29, 0.717) is 0 Å². The molecule has 0 N–H and O–H groups in total. The molecular formula is C40H30Cl2O2Zr. The van der Waals surface area contributed by atoms with Crippen molar-refractivity contribution in [1.29, 1.82) is 0 Å². The topological polar surface area (TPSA) is 26.3 Å². The number of allylic oxidation sites excluding steroid dienone is 2. The Balaban J connectivity index is 0.00000179. The zero-order valence-corrected chi connectivity index (χ0v) is 28.9. The molecule has 0 aliphatic heterocycles. The molecule has 0 bridgehead atoms. The molecule has 2 heterocycles. The summed E-state index contributed by atoms with van der Waals surface area (Å²) in [6.07, 6.45) is 5.00. The van der Waals surface area contributed by atoms with Crippen molar-refractivity contribution in [3.63, 3.8) is 0 Å². The number of fused-ring (bicyclic) bond motifs is 2. The molecule has 8 rings (SSSR count). The molecule has 0 saturated carbocycles. The number of furan rings is 2. The predicted octanol–water partition coefficient (Wildman–Crippen LogP) is 4.59. The van der Waals surface area contributed by atoms with Crippen molar-refractivity contribution < 1.29 is 56.9 Å². The Kier molecular flexibility index (Phi) is 9.07. The zero-order chi connectivity index (χ0) is 28.9. The van der Waals surface area contributed by atoms with Crippen molar-refractivity contribution in [2.75, 3.05) is 0 Å². The average Bonchev–Trinajstić information content (AvgIpc) is 3.82. The van der Waals surface area contributed by atoms with Crippen LogP contribution in [0.4, 0.5) is 0 Å². The molecule has 2 atom stereocenters. The van der Waals surface area contributed by atoms with Gasteiger partial charge in [-0.05, 0) is 0 Å². The molecule has 0 radical (unpaired) electrons. The summed E-state index contributed by atoms with van der Waals surface area (Å²) in [4.78, 5) is 0. The standard InChI is InChI=1S/2C20H15O.2ClH.Zr/c2*1-14-10-13-20(21-14)19-12-11-18-16(8-5-9-17(18)19)15-6-3-2-4-7-15;;;/h2*2-11,13,19H,1H3;2*1H;/q;;;;+2/p-2. The summed E-state index contributed by atoms with van der Waals surface area (Å²) in [7, 11) is 0. The molecule has 4 aromatic carbocycles. The monoisotopic (exact) mass is 702 g/mol. The minimum atomic E-state index is -1.31. The van der Waals surface area contributed by atoms with E-state index in [1.807, 2.05) is 13.8 Å². The fourth-order valence-corrected chi connectivity index (χ4v) is 10.8. The van der Waals surface area contributed by atoms with Crippen molar-refractivity contribution in [1.82, 2.24) is 0 Å². The smallest absolute Gasteiger partial charge is 1.00 e. The van der Waals surface area contributed by atoms with Crippen LogP contribution in [0, 0.1) is 13.8 Å². The Hall–Kier alpha value is -3.62. The largest absolute Gasteiger partial charge is 1.00 e. The molecule has 0 saturated heterocycles. The van der Waals surface area contributed by atoms with E-state index in [2.05, 4.69) is 133 Å². The zero-order valence-electron chi connectivity index (χ0n) is 24.9. The van der Waals surface area contributed by atoms with E-state index in [0.717, 1.165) is 23.0 Å². The third-order valence-corrected chi connectivity index (χ3v) is 12.2. The Morgan fingerprint density at radius 2 is 0.889 bits per heavy atom. The average molecular weight is 705 g/mol. The number of benzene rings is 4. The summed E-state index contributed by atoms with van der Waals surface area (Å²) in [5.74, 6) is 4.26. The van der Waals surface area contributed by atoms with Gasteiger partial charge < -0.3 is 24.8 Å². The molecule has 2 aliphatic carbocycles. The number of aryl methyl sites for hydroxylation is 2. The molecule has 5 heteroatoms. The van der Waals surface area contributed by atoms with E-state index in [-0.39, 0.29) is 36.6 Å². The second kappa shape index (κ2) is 13.0. The molecule has 220 valence electrons. The van der Waals surface area contributed by atoms with Crippen LogP contribution in [-0.4, -0.2) is 0 Å². The maximum atomic E-state index is 6.37. The first-order valence-electron chi connectivity index (χ1n) is 14.8. The molecule has 0 amide bonds. The third-order valence-electron chi connectivity index (χ3n) is 8.67. The maximum absolute atomic E-state index is 6.37. The summed E-state index contributed by atoms with van der Waals surface area (Å²) in [5, 5.41) is 0. The van der Waals surface area contributed by atoms with E-state index in [1.54, 1.807) is 0 Å². The molecule has 0 fully saturated rings. The number of rotatable bonds is 6. The minimum absolute atomic E-state index is 0. The Morgan fingerprint density at radius 1 is 0.467 bits per heavy atom. The number of hydrogen-bond donors (Lipinski definition) is 0. The summed E-state index contributed by atoms with van der Waals surface area (Å²) in [6.45, 7) is 4.08. The van der Waals surface area contributed by atoms with Gasteiger partial charge in [0, 0.05) is 0 Å².